The van der Waals surface area contributed by atoms with Gasteiger partial charge in [-0.05, 0) is 53.6 Å². The highest BCUT2D eigenvalue weighted by Gasteiger charge is 2.18. The van der Waals surface area contributed by atoms with E-state index in [2.05, 4.69) is 10.3 Å². The van der Waals surface area contributed by atoms with Gasteiger partial charge < -0.3 is 23.9 Å². The van der Waals surface area contributed by atoms with Crippen molar-refractivity contribution in [1.82, 2.24) is 4.98 Å². The van der Waals surface area contributed by atoms with E-state index in [0.717, 1.165) is 11.1 Å². The summed E-state index contributed by atoms with van der Waals surface area (Å²) in [6, 6.07) is 26.4. The molecular weight excluding hydrogens is 456 g/mol. The Hall–Kier alpha value is -4.78. The normalized spacial score (nSPS) is 10.8. The molecule has 4 aromatic carbocycles. The lowest BCUT2D eigenvalue weighted by Gasteiger charge is -2.12. The molecule has 5 rings (SSSR count). The first-order chi connectivity index (χ1) is 17.6. The van der Waals surface area contributed by atoms with Crippen molar-refractivity contribution in [2.24, 2.45) is 0 Å². The number of nitrogens with one attached hydrogen (secondary N) is 1. The predicted molar refractivity (Wildman–Crippen MR) is 139 cm³/mol. The fraction of sp³-hybridized carbons (Fsp3) is 0.103. The molecule has 1 aromatic heterocycles. The van der Waals surface area contributed by atoms with Gasteiger partial charge in [-0.1, -0.05) is 42.5 Å². The van der Waals surface area contributed by atoms with E-state index < -0.39 is 0 Å². The van der Waals surface area contributed by atoms with E-state index in [0.29, 0.717) is 51.1 Å². The number of carbonyl (C=O) groups excluding carboxylic acids is 1. The molecule has 7 nitrogen and oxygen atoms in total. The minimum absolute atomic E-state index is 0.206. The van der Waals surface area contributed by atoms with Crippen molar-refractivity contribution in [3.05, 3.63) is 90.5 Å². The zero-order valence-corrected chi connectivity index (χ0v) is 20.1. The molecule has 1 amide bonds. The molecule has 180 valence electrons. The highest BCUT2D eigenvalue weighted by atomic mass is 16.5. The lowest BCUT2D eigenvalue weighted by atomic mass is 10.0. The molecule has 0 fully saturated rings. The Morgan fingerprint density at radius 1 is 0.750 bits per heavy atom. The Bertz CT molecular complexity index is 1500. The fourth-order valence-corrected chi connectivity index (χ4v) is 3.98. The molecule has 36 heavy (non-hydrogen) atoms. The average molecular weight is 481 g/mol. The van der Waals surface area contributed by atoms with Gasteiger partial charge in [0.25, 0.3) is 5.91 Å². The van der Waals surface area contributed by atoms with Crippen LogP contribution in [-0.2, 0) is 0 Å². The highest BCUT2D eigenvalue weighted by Crippen LogP contribution is 2.41. The molecule has 0 unspecified atom stereocenters. The minimum Gasteiger partial charge on any atom is -0.493 e. The van der Waals surface area contributed by atoms with Gasteiger partial charge in [0.2, 0.25) is 11.6 Å². The summed E-state index contributed by atoms with van der Waals surface area (Å²) in [5.74, 6) is 1.67. The molecule has 0 aliphatic heterocycles. The van der Waals surface area contributed by atoms with Crippen molar-refractivity contribution in [2.45, 2.75) is 0 Å². The molecule has 0 saturated heterocycles. The lowest BCUT2D eigenvalue weighted by Crippen LogP contribution is -2.11. The quantitative estimate of drug-likeness (QED) is 0.289. The largest absolute Gasteiger partial charge is 0.493 e. The number of aromatic nitrogens is 1. The maximum atomic E-state index is 12.8. The maximum absolute atomic E-state index is 12.8. The zero-order chi connectivity index (χ0) is 25.1. The van der Waals surface area contributed by atoms with Crippen LogP contribution in [0.2, 0.25) is 0 Å². The molecule has 0 radical (unpaired) electrons. The van der Waals surface area contributed by atoms with Crippen LogP contribution < -0.4 is 19.5 Å². The summed E-state index contributed by atoms with van der Waals surface area (Å²) in [5.41, 5.74) is 5.20. The predicted octanol–water partition coefficient (Wildman–Crippen LogP) is 6.44. The van der Waals surface area contributed by atoms with Crippen LogP contribution >= 0.6 is 0 Å². The third-order valence-electron chi connectivity index (χ3n) is 5.81. The maximum Gasteiger partial charge on any atom is 0.255 e. The van der Waals surface area contributed by atoms with Crippen molar-refractivity contribution in [1.29, 1.82) is 0 Å². The van der Waals surface area contributed by atoms with Crippen molar-refractivity contribution < 1.29 is 23.4 Å². The Balaban J connectivity index is 1.38. The van der Waals surface area contributed by atoms with Gasteiger partial charge >= 0.3 is 0 Å². The number of benzene rings is 4. The van der Waals surface area contributed by atoms with Gasteiger partial charge in [-0.15, -0.1) is 0 Å². The summed E-state index contributed by atoms with van der Waals surface area (Å²) in [6.45, 7) is 0. The number of rotatable bonds is 7. The fourth-order valence-electron chi connectivity index (χ4n) is 3.98. The second-order valence-corrected chi connectivity index (χ2v) is 8.01. The first-order valence-corrected chi connectivity index (χ1v) is 11.3. The zero-order valence-electron chi connectivity index (χ0n) is 20.1. The molecule has 7 heteroatoms. The van der Waals surface area contributed by atoms with Crippen LogP contribution in [0.25, 0.3) is 33.7 Å². The molecule has 0 bridgehead atoms. The van der Waals surface area contributed by atoms with Crippen molar-refractivity contribution in [2.75, 3.05) is 26.6 Å². The average Bonchev–Trinajstić information content (AvgIpc) is 3.36. The van der Waals surface area contributed by atoms with Crippen LogP contribution in [0.3, 0.4) is 0 Å². The van der Waals surface area contributed by atoms with E-state index in [9.17, 15) is 4.79 Å². The first-order valence-electron chi connectivity index (χ1n) is 11.3. The second-order valence-electron chi connectivity index (χ2n) is 8.01. The number of ether oxygens (including phenoxy) is 3. The summed E-state index contributed by atoms with van der Waals surface area (Å²) in [7, 11) is 4.65. The Labute approximate surface area is 208 Å². The Morgan fingerprint density at radius 2 is 1.42 bits per heavy atom. The molecule has 0 spiro atoms. The summed E-state index contributed by atoms with van der Waals surface area (Å²) < 4.78 is 22.2. The van der Waals surface area contributed by atoms with Gasteiger partial charge in [-0.2, -0.15) is 0 Å². The van der Waals surface area contributed by atoms with Gasteiger partial charge in [0.1, 0.15) is 5.52 Å². The summed E-state index contributed by atoms with van der Waals surface area (Å²) in [4.78, 5) is 17.4. The van der Waals surface area contributed by atoms with E-state index in [-0.39, 0.29) is 5.91 Å². The van der Waals surface area contributed by atoms with Crippen LogP contribution in [0.4, 0.5) is 5.69 Å². The van der Waals surface area contributed by atoms with Crippen LogP contribution in [-0.4, -0.2) is 32.2 Å². The van der Waals surface area contributed by atoms with Gasteiger partial charge in [0.15, 0.2) is 17.1 Å². The van der Waals surface area contributed by atoms with E-state index in [4.69, 9.17) is 18.6 Å². The number of nitrogens with zero attached hydrogens (tertiary/aromatic N) is 1. The van der Waals surface area contributed by atoms with Gasteiger partial charge in [0.05, 0.1) is 21.3 Å². The third-order valence-corrected chi connectivity index (χ3v) is 5.81. The number of carbonyl (C=O) groups is 1. The van der Waals surface area contributed by atoms with Crippen molar-refractivity contribution in [3.8, 4) is 39.8 Å². The SMILES string of the molecule is COc1cc(-c2nc3cc(NC(=O)c4ccc(-c5ccccc5)cc4)ccc3o2)cc(OC)c1OC. The van der Waals surface area contributed by atoms with Crippen LogP contribution in [0.5, 0.6) is 17.2 Å². The molecule has 1 N–H and O–H groups in total. The van der Waals surface area contributed by atoms with E-state index >= 15 is 0 Å². The van der Waals surface area contributed by atoms with Crippen LogP contribution in [0.1, 0.15) is 10.4 Å². The monoisotopic (exact) mass is 480 g/mol. The van der Waals surface area contributed by atoms with Gasteiger partial charge in [0, 0.05) is 16.8 Å². The Kier molecular flexibility index (Phi) is 6.28. The molecular formula is C29H24N2O5. The molecule has 0 aliphatic rings. The van der Waals surface area contributed by atoms with E-state index in [1.807, 2.05) is 54.6 Å². The third kappa shape index (κ3) is 4.46. The molecule has 5 aromatic rings. The smallest absolute Gasteiger partial charge is 0.255 e. The van der Waals surface area contributed by atoms with Crippen molar-refractivity contribution >= 4 is 22.7 Å². The van der Waals surface area contributed by atoms with Crippen LogP contribution in [0, 0.1) is 0 Å². The lowest BCUT2D eigenvalue weighted by molar-refractivity contribution is 0.102. The standard InChI is InChI=1S/C29H24N2O5/c1-33-25-15-21(16-26(34-2)27(25)35-3)29-31-23-17-22(13-14-24(23)36-29)30-28(32)20-11-9-19(10-12-20)18-7-5-4-6-8-18/h4-17H,1-3H3,(H,30,32). The first kappa shape index (κ1) is 23.0. The second kappa shape index (κ2) is 9.84. The summed E-state index contributed by atoms with van der Waals surface area (Å²) >= 11 is 0. The molecule has 0 atom stereocenters. The van der Waals surface area contributed by atoms with E-state index in [1.54, 1.807) is 51.7 Å². The van der Waals surface area contributed by atoms with Crippen LogP contribution in [0.15, 0.2) is 89.3 Å². The number of hydrogen-bond donors (Lipinski definition) is 1. The van der Waals surface area contributed by atoms with Gasteiger partial charge in [-0.25, -0.2) is 4.98 Å². The molecule has 0 saturated carbocycles. The summed E-state index contributed by atoms with van der Waals surface area (Å²) in [5, 5.41) is 2.93. The summed E-state index contributed by atoms with van der Waals surface area (Å²) in [6.07, 6.45) is 0. The number of hydrogen-bond acceptors (Lipinski definition) is 6. The number of methoxy groups -OCH3 is 3. The minimum atomic E-state index is -0.206. The van der Waals surface area contributed by atoms with Crippen molar-refractivity contribution in [3.63, 3.8) is 0 Å². The number of oxazole rings is 1. The molecule has 0 aliphatic carbocycles. The van der Waals surface area contributed by atoms with Gasteiger partial charge in [-0.3, -0.25) is 4.79 Å². The topological polar surface area (TPSA) is 82.8 Å². The Morgan fingerprint density at radius 3 is 2.06 bits per heavy atom. The number of anilines is 1. The number of amides is 1. The number of fused-ring (bicyclic) bond motifs is 1. The molecule has 1 heterocycles. The van der Waals surface area contributed by atoms with E-state index in [1.165, 1.54) is 0 Å². The highest BCUT2D eigenvalue weighted by molar-refractivity contribution is 6.05.